The fraction of sp³-hybridized carbons (Fsp3) is 0.476. The van der Waals surface area contributed by atoms with Crippen LogP contribution in [0.1, 0.15) is 18.4 Å². The van der Waals surface area contributed by atoms with Gasteiger partial charge in [0.1, 0.15) is 5.82 Å². The van der Waals surface area contributed by atoms with Crippen molar-refractivity contribution in [3.8, 4) is 0 Å². The van der Waals surface area contributed by atoms with Crippen LogP contribution in [0.4, 0.5) is 4.39 Å². The number of amides is 1. The van der Waals surface area contributed by atoms with Crippen LogP contribution in [-0.4, -0.2) is 64.7 Å². The Morgan fingerprint density at radius 3 is 2.79 bits per heavy atom. The Bertz CT molecular complexity index is 744. The minimum Gasteiger partial charge on any atom is -0.345 e. The summed E-state index contributed by atoms with van der Waals surface area (Å²) in [6, 6.07) is 8.53. The van der Waals surface area contributed by atoms with Crippen molar-refractivity contribution in [2.24, 2.45) is 5.92 Å². The van der Waals surface area contributed by atoms with Gasteiger partial charge < -0.3 is 9.80 Å². The van der Waals surface area contributed by atoms with Crippen molar-refractivity contribution in [1.29, 1.82) is 0 Å². The first-order chi connectivity index (χ1) is 13.6. The first-order valence-corrected chi connectivity index (χ1v) is 10.7. The van der Waals surface area contributed by atoms with E-state index in [1.165, 1.54) is 23.9 Å². The zero-order valence-electron chi connectivity index (χ0n) is 16.3. The molecule has 1 saturated heterocycles. The van der Waals surface area contributed by atoms with E-state index < -0.39 is 0 Å². The van der Waals surface area contributed by atoms with E-state index in [1.54, 1.807) is 18.5 Å². The van der Waals surface area contributed by atoms with Gasteiger partial charge in [0.25, 0.3) is 0 Å². The Morgan fingerprint density at radius 1 is 1.29 bits per heavy atom. The molecule has 0 bridgehead atoms. The number of hydrogen-bond acceptors (Lipinski definition) is 5. The van der Waals surface area contributed by atoms with Crippen LogP contribution in [0.15, 0.2) is 47.9 Å². The Kier molecular flexibility index (Phi) is 7.80. The molecule has 1 fully saturated rings. The van der Waals surface area contributed by atoms with Crippen molar-refractivity contribution < 1.29 is 9.18 Å². The third-order valence-corrected chi connectivity index (χ3v) is 5.92. The van der Waals surface area contributed by atoms with Crippen LogP contribution in [0.3, 0.4) is 0 Å². The minimum absolute atomic E-state index is 0.112. The number of carbonyl (C=O) groups is 1. The molecule has 0 spiro atoms. The Labute approximate surface area is 170 Å². The number of piperidine rings is 1. The Morgan fingerprint density at radius 2 is 2.04 bits per heavy atom. The van der Waals surface area contributed by atoms with Crippen molar-refractivity contribution >= 4 is 17.7 Å². The van der Waals surface area contributed by atoms with E-state index in [0.717, 1.165) is 51.0 Å². The van der Waals surface area contributed by atoms with Gasteiger partial charge in [0.05, 0.1) is 5.75 Å². The standard InChI is InChI=1S/C21H27FN4OS/c1-25(20(27)16-28-21-23-10-3-11-24-21)14-18-4-2-12-26(15-18)13-9-17-5-7-19(22)8-6-17/h3,5-8,10-11,18H,2,4,9,12-16H2,1H3. The topological polar surface area (TPSA) is 49.3 Å². The summed E-state index contributed by atoms with van der Waals surface area (Å²) in [5, 5.41) is 0.633. The summed E-state index contributed by atoms with van der Waals surface area (Å²) < 4.78 is 13.0. The van der Waals surface area contributed by atoms with E-state index in [2.05, 4.69) is 14.9 Å². The van der Waals surface area contributed by atoms with E-state index >= 15 is 0 Å². The van der Waals surface area contributed by atoms with Crippen molar-refractivity contribution in [3.63, 3.8) is 0 Å². The summed E-state index contributed by atoms with van der Waals surface area (Å²) in [6.07, 6.45) is 6.61. The van der Waals surface area contributed by atoms with Gasteiger partial charge in [-0.3, -0.25) is 4.79 Å². The smallest absolute Gasteiger partial charge is 0.232 e. The molecule has 1 aromatic carbocycles. The molecular formula is C21H27FN4OS. The maximum Gasteiger partial charge on any atom is 0.232 e. The van der Waals surface area contributed by atoms with E-state index in [4.69, 9.17) is 0 Å². The van der Waals surface area contributed by atoms with E-state index in [0.29, 0.717) is 16.8 Å². The fourth-order valence-electron chi connectivity index (χ4n) is 3.53. The van der Waals surface area contributed by atoms with Crippen molar-refractivity contribution in [2.45, 2.75) is 24.4 Å². The third kappa shape index (κ3) is 6.56. The van der Waals surface area contributed by atoms with Crippen LogP contribution in [0, 0.1) is 11.7 Å². The fourth-order valence-corrected chi connectivity index (χ4v) is 4.27. The van der Waals surface area contributed by atoms with Gasteiger partial charge in [-0.25, -0.2) is 14.4 Å². The van der Waals surface area contributed by atoms with Crippen LogP contribution < -0.4 is 0 Å². The normalized spacial score (nSPS) is 17.4. The molecule has 150 valence electrons. The number of benzene rings is 1. The van der Waals surface area contributed by atoms with Gasteiger partial charge in [0.2, 0.25) is 5.91 Å². The van der Waals surface area contributed by atoms with Crippen LogP contribution in [0.25, 0.3) is 0 Å². The summed E-state index contributed by atoms with van der Waals surface area (Å²) in [6.45, 7) is 3.85. The molecule has 1 amide bonds. The molecule has 0 radical (unpaired) electrons. The molecule has 7 heteroatoms. The summed E-state index contributed by atoms with van der Waals surface area (Å²) in [5.41, 5.74) is 1.16. The summed E-state index contributed by atoms with van der Waals surface area (Å²) in [7, 11) is 1.88. The highest BCUT2D eigenvalue weighted by Gasteiger charge is 2.22. The van der Waals surface area contributed by atoms with Gasteiger partial charge in [-0.15, -0.1) is 0 Å². The molecule has 1 aliphatic rings. The first kappa shape index (κ1) is 20.7. The molecule has 28 heavy (non-hydrogen) atoms. The largest absolute Gasteiger partial charge is 0.345 e. The zero-order chi connectivity index (χ0) is 19.8. The summed E-state index contributed by atoms with van der Waals surface area (Å²) in [4.78, 5) is 25.0. The lowest BCUT2D eigenvalue weighted by Crippen LogP contribution is -2.42. The molecule has 1 unspecified atom stereocenters. The lowest BCUT2D eigenvalue weighted by Gasteiger charge is -2.34. The second-order valence-corrected chi connectivity index (χ2v) is 8.22. The van der Waals surface area contributed by atoms with Crippen molar-refractivity contribution in [3.05, 3.63) is 54.1 Å². The SMILES string of the molecule is CN(CC1CCCN(CCc2ccc(F)cc2)C1)C(=O)CSc1ncccn1. The predicted octanol–water partition coefficient (Wildman–Crippen LogP) is 3.12. The van der Waals surface area contributed by atoms with E-state index in [9.17, 15) is 9.18 Å². The molecule has 2 heterocycles. The average Bonchev–Trinajstić information content (AvgIpc) is 2.72. The lowest BCUT2D eigenvalue weighted by atomic mass is 9.97. The number of halogens is 1. The number of nitrogens with zero attached hydrogens (tertiary/aromatic N) is 4. The molecule has 0 aliphatic carbocycles. The Hall–Kier alpha value is -1.99. The molecule has 2 aromatic rings. The predicted molar refractivity (Wildman–Crippen MR) is 110 cm³/mol. The maximum absolute atomic E-state index is 13.0. The van der Waals surface area contributed by atoms with Gasteiger partial charge in [0.15, 0.2) is 5.16 Å². The summed E-state index contributed by atoms with van der Waals surface area (Å²) >= 11 is 1.38. The molecule has 0 saturated carbocycles. The molecule has 5 nitrogen and oxygen atoms in total. The average molecular weight is 403 g/mol. The zero-order valence-corrected chi connectivity index (χ0v) is 17.1. The maximum atomic E-state index is 13.0. The lowest BCUT2D eigenvalue weighted by molar-refractivity contribution is -0.127. The number of rotatable bonds is 8. The highest BCUT2D eigenvalue weighted by molar-refractivity contribution is 7.99. The number of carbonyl (C=O) groups excluding carboxylic acids is 1. The molecule has 3 rings (SSSR count). The van der Waals surface area contributed by atoms with Gasteiger partial charge in [-0.05, 0) is 55.5 Å². The Balaban J connectivity index is 1.40. The third-order valence-electron chi connectivity index (χ3n) is 5.06. The van der Waals surface area contributed by atoms with Crippen LogP contribution in [0.2, 0.25) is 0 Å². The van der Waals surface area contributed by atoms with Gasteiger partial charge >= 0.3 is 0 Å². The molecule has 1 atom stereocenters. The highest BCUT2D eigenvalue weighted by atomic mass is 32.2. The number of aromatic nitrogens is 2. The van der Waals surface area contributed by atoms with Crippen LogP contribution >= 0.6 is 11.8 Å². The first-order valence-electron chi connectivity index (χ1n) is 9.71. The van der Waals surface area contributed by atoms with Crippen molar-refractivity contribution in [2.75, 3.05) is 39.0 Å². The van der Waals surface area contributed by atoms with E-state index in [1.807, 2.05) is 24.1 Å². The second-order valence-electron chi connectivity index (χ2n) is 7.28. The summed E-state index contributed by atoms with van der Waals surface area (Å²) in [5.74, 6) is 0.780. The molecule has 1 aromatic heterocycles. The number of hydrogen-bond donors (Lipinski definition) is 0. The molecular weight excluding hydrogens is 375 g/mol. The quantitative estimate of drug-likeness (QED) is 0.502. The minimum atomic E-state index is -0.188. The molecule has 0 N–H and O–H groups in total. The number of thioether (sulfide) groups is 1. The van der Waals surface area contributed by atoms with Crippen LogP contribution in [-0.2, 0) is 11.2 Å². The monoisotopic (exact) mass is 402 g/mol. The van der Waals surface area contributed by atoms with Crippen molar-refractivity contribution in [1.82, 2.24) is 19.8 Å². The van der Waals surface area contributed by atoms with Gasteiger partial charge in [0, 0.05) is 39.1 Å². The van der Waals surface area contributed by atoms with Gasteiger partial charge in [-0.2, -0.15) is 0 Å². The highest BCUT2D eigenvalue weighted by Crippen LogP contribution is 2.19. The number of likely N-dealkylation sites (tertiary alicyclic amines) is 1. The van der Waals surface area contributed by atoms with E-state index in [-0.39, 0.29) is 11.7 Å². The second kappa shape index (κ2) is 10.5. The van der Waals surface area contributed by atoms with Gasteiger partial charge in [-0.1, -0.05) is 23.9 Å². The van der Waals surface area contributed by atoms with Crippen LogP contribution in [0.5, 0.6) is 0 Å². The molecule has 1 aliphatic heterocycles.